The summed E-state index contributed by atoms with van der Waals surface area (Å²) in [6.45, 7) is 0. The van der Waals surface area contributed by atoms with Crippen molar-refractivity contribution in [3.63, 3.8) is 0 Å². The predicted octanol–water partition coefficient (Wildman–Crippen LogP) is 1.86. The van der Waals surface area contributed by atoms with E-state index in [4.69, 9.17) is 5.73 Å². The van der Waals surface area contributed by atoms with E-state index >= 15 is 0 Å². The smallest absolute Gasteiger partial charge is 0.275 e. The van der Waals surface area contributed by atoms with E-state index in [-0.39, 0.29) is 11.6 Å². The first-order valence-electron chi connectivity index (χ1n) is 5.97. The molecule has 20 heavy (non-hydrogen) atoms. The molecule has 2 heterocycles. The minimum atomic E-state index is -0.338. The van der Waals surface area contributed by atoms with Crippen molar-refractivity contribution >= 4 is 28.4 Å². The first kappa shape index (κ1) is 12.0. The molecule has 1 amide bonds. The van der Waals surface area contributed by atoms with Gasteiger partial charge in [0.1, 0.15) is 11.5 Å². The van der Waals surface area contributed by atoms with Crippen molar-refractivity contribution < 1.29 is 4.79 Å². The minimum absolute atomic E-state index is 0.250. The van der Waals surface area contributed by atoms with E-state index in [1.807, 2.05) is 24.3 Å². The van der Waals surface area contributed by atoms with E-state index < -0.39 is 0 Å². The fourth-order valence-electron chi connectivity index (χ4n) is 1.74. The molecule has 2 aromatic heterocycles. The maximum absolute atomic E-state index is 12.1. The standard InChI is InChI=1S/C14H11N5O/c15-13-6-5-9(7-17-13)18-14(20)12-8-16-10-3-1-2-4-11(10)19-12/h1-8H,(H2,15,17)(H,18,20). The van der Waals surface area contributed by atoms with Crippen molar-refractivity contribution in [2.45, 2.75) is 0 Å². The fourth-order valence-corrected chi connectivity index (χ4v) is 1.74. The Morgan fingerprint density at radius 3 is 2.55 bits per heavy atom. The van der Waals surface area contributed by atoms with Crippen LogP contribution < -0.4 is 11.1 Å². The van der Waals surface area contributed by atoms with Crippen LogP contribution in [0.4, 0.5) is 11.5 Å². The summed E-state index contributed by atoms with van der Waals surface area (Å²) in [4.78, 5) is 24.4. The maximum Gasteiger partial charge on any atom is 0.275 e. The molecule has 0 aliphatic carbocycles. The number of benzene rings is 1. The highest BCUT2D eigenvalue weighted by Crippen LogP contribution is 2.11. The predicted molar refractivity (Wildman–Crippen MR) is 76.1 cm³/mol. The Bertz CT molecular complexity index is 770. The third-order valence-electron chi connectivity index (χ3n) is 2.73. The lowest BCUT2D eigenvalue weighted by molar-refractivity contribution is 0.102. The number of nitrogen functional groups attached to an aromatic ring is 1. The number of para-hydroxylation sites is 2. The Hall–Kier alpha value is -3.02. The number of carbonyl (C=O) groups excluding carboxylic acids is 1. The summed E-state index contributed by atoms with van der Waals surface area (Å²) >= 11 is 0. The monoisotopic (exact) mass is 265 g/mol. The van der Waals surface area contributed by atoms with Gasteiger partial charge < -0.3 is 11.1 Å². The molecule has 0 spiro atoms. The highest BCUT2D eigenvalue weighted by atomic mass is 16.1. The second-order valence-corrected chi connectivity index (χ2v) is 4.17. The number of carbonyl (C=O) groups is 1. The normalized spacial score (nSPS) is 10.4. The molecular formula is C14H11N5O. The summed E-state index contributed by atoms with van der Waals surface area (Å²) in [5.74, 6) is 0.0586. The van der Waals surface area contributed by atoms with Gasteiger partial charge in [0.15, 0.2) is 0 Å². The zero-order valence-electron chi connectivity index (χ0n) is 10.4. The Kier molecular flexibility index (Phi) is 2.96. The van der Waals surface area contributed by atoms with Crippen molar-refractivity contribution in [2.24, 2.45) is 0 Å². The van der Waals surface area contributed by atoms with Crippen LogP contribution in [0.5, 0.6) is 0 Å². The summed E-state index contributed by atoms with van der Waals surface area (Å²) < 4.78 is 0. The van der Waals surface area contributed by atoms with E-state index in [0.717, 1.165) is 5.52 Å². The van der Waals surface area contributed by atoms with Gasteiger partial charge in [0.25, 0.3) is 5.91 Å². The van der Waals surface area contributed by atoms with Gasteiger partial charge in [-0.05, 0) is 24.3 Å². The molecule has 6 nitrogen and oxygen atoms in total. The largest absolute Gasteiger partial charge is 0.384 e. The summed E-state index contributed by atoms with van der Waals surface area (Å²) in [6, 6.07) is 10.7. The number of hydrogen-bond acceptors (Lipinski definition) is 5. The molecule has 0 atom stereocenters. The quantitative estimate of drug-likeness (QED) is 0.737. The van der Waals surface area contributed by atoms with Gasteiger partial charge in [-0.3, -0.25) is 9.78 Å². The van der Waals surface area contributed by atoms with Crippen molar-refractivity contribution in [1.82, 2.24) is 15.0 Å². The SMILES string of the molecule is Nc1ccc(NC(=O)c2cnc3ccccc3n2)cn1. The molecule has 0 aliphatic heterocycles. The van der Waals surface area contributed by atoms with Crippen LogP contribution in [-0.4, -0.2) is 20.9 Å². The number of anilines is 2. The number of pyridine rings is 1. The number of nitrogens with zero attached hydrogens (tertiary/aromatic N) is 3. The molecule has 6 heteroatoms. The van der Waals surface area contributed by atoms with Crippen LogP contribution in [0.1, 0.15) is 10.5 Å². The van der Waals surface area contributed by atoms with Gasteiger partial charge in [-0.25, -0.2) is 9.97 Å². The molecule has 0 saturated carbocycles. The Morgan fingerprint density at radius 1 is 1.00 bits per heavy atom. The highest BCUT2D eigenvalue weighted by molar-refractivity contribution is 6.03. The Morgan fingerprint density at radius 2 is 1.80 bits per heavy atom. The number of nitrogens with one attached hydrogen (secondary N) is 1. The molecule has 1 aromatic carbocycles. The molecule has 98 valence electrons. The van der Waals surface area contributed by atoms with E-state index in [2.05, 4.69) is 20.3 Å². The number of fused-ring (bicyclic) bond motifs is 1. The van der Waals surface area contributed by atoms with Gasteiger partial charge in [0.05, 0.1) is 29.1 Å². The Balaban J connectivity index is 1.86. The molecule has 3 N–H and O–H groups in total. The first-order chi connectivity index (χ1) is 9.72. The lowest BCUT2D eigenvalue weighted by Crippen LogP contribution is -2.14. The minimum Gasteiger partial charge on any atom is -0.384 e. The number of rotatable bonds is 2. The van der Waals surface area contributed by atoms with Gasteiger partial charge in [-0.2, -0.15) is 0 Å². The molecule has 3 aromatic rings. The molecule has 3 rings (SSSR count). The number of amides is 1. The van der Waals surface area contributed by atoms with Crippen LogP contribution in [0.3, 0.4) is 0 Å². The van der Waals surface area contributed by atoms with Crippen LogP contribution in [0.2, 0.25) is 0 Å². The van der Waals surface area contributed by atoms with E-state index in [0.29, 0.717) is 17.0 Å². The van der Waals surface area contributed by atoms with E-state index in [9.17, 15) is 4.79 Å². The second-order valence-electron chi connectivity index (χ2n) is 4.17. The van der Waals surface area contributed by atoms with Gasteiger partial charge >= 0.3 is 0 Å². The summed E-state index contributed by atoms with van der Waals surface area (Å²) in [7, 11) is 0. The fraction of sp³-hybridized carbons (Fsp3) is 0. The second kappa shape index (κ2) is 4.93. The lowest BCUT2D eigenvalue weighted by Gasteiger charge is -2.05. The number of hydrogen-bond donors (Lipinski definition) is 2. The van der Waals surface area contributed by atoms with Gasteiger partial charge in [-0.1, -0.05) is 12.1 Å². The lowest BCUT2D eigenvalue weighted by atomic mass is 10.3. The van der Waals surface area contributed by atoms with Gasteiger partial charge in [0, 0.05) is 0 Å². The molecule has 0 aliphatic rings. The molecular weight excluding hydrogens is 254 g/mol. The average Bonchev–Trinajstić information content (AvgIpc) is 2.49. The molecule has 0 radical (unpaired) electrons. The van der Waals surface area contributed by atoms with Gasteiger partial charge in [0.2, 0.25) is 0 Å². The van der Waals surface area contributed by atoms with Crippen molar-refractivity contribution in [3.8, 4) is 0 Å². The van der Waals surface area contributed by atoms with Crippen molar-refractivity contribution in [1.29, 1.82) is 0 Å². The van der Waals surface area contributed by atoms with E-state index in [1.54, 1.807) is 12.1 Å². The van der Waals surface area contributed by atoms with Crippen LogP contribution in [0.15, 0.2) is 48.8 Å². The number of nitrogens with two attached hydrogens (primary N) is 1. The third-order valence-corrected chi connectivity index (χ3v) is 2.73. The van der Waals surface area contributed by atoms with Crippen LogP contribution in [0, 0.1) is 0 Å². The number of aromatic nitrogens is 3. The molecule has 0 fully saturated rings. The van der Waals surface area contributed by atoms with Crippen molar-refractivity contribution in [3.05, 3.63) is 54.5 Å². The molecule has 0 unspecified atom stereocenters. The molecule has 0 saturated heterocycles. The topological polar surface area (TPSA) is 93.8 Å². The zero-order valence-corrected chi connectivity index (χ0v) is 10.4. The van der Waals surface area contributed by atoms with Crippen LogP contribution in [-0.2, 0) is 0 Å². The van der Waals surface area contributed by atoms with Gasteiger partial charge in [-0.15, -0.1) is 0 Å². The summed E-state index contributed by atoms with van der Waals surface area (Å²) in [5, 5.41) is 2.69. The zero-order chi connectivity index (χ0) is 13.9. The van der Waals surface area contributed by atoms with Crippen LogP contribution in [0.25, 0.3) is 11.0 Å². The average molecular weight is 265 g/mol. The third kappa shape index (κ3) is 2.39. The Labute approximate surface area is 114 Å². The summed E-state index contributed by atoms with van der Waals surface area (Å²) in [6.07, 6.45) is 2.93. The van der Waals surface area contributed by atoms with E-state index in [1.165, 1.54) is 12.4 Å². The first-order valence-corrected chi connectivity index (χ1v) is 5.97. The molecule has 0 bridgehead atoms. The highest BCUT2D eigenvalue weighted by Gasteiger charge is 2.09. The maximum atomic E-state index is 12.1. The van der Waals surface area contributed by atoms with Crippen molar-refractivity contribution in [2.75, 3.05) is 11.1 Å². The summed E-state index contributed by atoms with van der Waals surface area (Å²) in [5.41, 5.74) is 7.71. The van der Waals surface area contributed by atoms with Crippen LogP contribution >= 0.6 is 0 Å².